The second-order valence-corrected chi connectivity index (χ2v) is 8.07. The predicted molar refractivity (Wildman–Crippen MR) is 96.8 cm³/mol. The quantitative estimate of drug-likeness (QED) is 0.860. The number of aryl methyl sites for hydroxylation is 2. The Morgan fingerprint density at radius 2 is 1.62 bits per heavy atom. The second-order valence-electron chi connectivity index (χ2n) is 6.39. The summed E-state index contributed by atoms with van der Waals surface area (Å²) in [5, 5.41) is 0. The standard InChI is InChI=1S/C19H25NO3S/c1-13(2)19(16-8-10-17(23-5)11-9-16)20-24(21,22)18-12-14(3)6-7-15(18)4/h6-13,19-20H,1-5H3/t19-/m0/s1. The van der Waals surface area contributed by atoms with E-state index in [1.165, 1.54) is 0 Å². The number of ether oxygens (including phenoxy) is 1. The highest BCUT2D eigenvalue weighted by atomic mass is 32.2. The third-order valence-corrected chi connectivity index (χ3v) is 5.64. The summed E-state index contributed by atoms with van der Waals surface area (Å²) in [5.74, 6) is 0.858. The van der Waals surface area contributed by atoms with Crippen molar-refractivity contribution in [3.05, 3.63) is 59.2 Å². The minimum absolute atomic E-state index is 0.110. The van der Waals surface area contributed by atoms with Gasteiger partial charge in [0.05, 0.1) is 12.0 Å². The van der Waals surface area contributed by atoms with Gasteiger partial charge in [-0.2, -0.15) is 0 Å². The van der Waals surface area contributed by atoms with Gasteiger partial charge < -0.3 is 4.74 Å². The SMILES string of the molecule is COc1ccc([C@@H](NS(=O)(=O)c2cc(C)ccc2C)C(C)C)cc1. The maximum atomic E-state index is 12.9. The van der Waals surface area contributed by atoms with Gasteiger partial charge in [-0.1, -0.05) is 38.1 Å². The van der Waals surface area contributed by atoms with Gasteiger partial charge in [0.1, 0.15) is 5.75 Å². The summed E-state index contributed by atoms with van der Waals surface area (Å²) >= 11 is 0. The number of sulfonamides is 1. The molecule has 0 aromatic heterocycles. The fourth-order valence-electron chi connectivity index (χ4n) is 2.63. The Morgan fingerprint density at radius 3 is 2.17 bits per heavy atom. The van der Waals surface area contributed by atoms with Crippen molar-refractivity contribution in [2.45, 2.75) is 38.6 Å². The Morgan fingerprint density at radius 1 is 1.00 bits per heavy atom. The number of nitrogens with one attached hydrogen (secondary N) is 1. The normalized spacial score (nSPS) is 13.1. The van der Waals surface area contributed by atoms with Crippen LogP contribution in [-0.2, 0) is 10.0 Å². The lowest BCUT2D eigenvalue weighted by molar-refractivity contribution is 0.413. The molecule has 24 heavy (non-hydrogen) atoms. The lowest BCUT2D eigenvalue weighted by Gasteiger charge is -2.23. The van der Waals surface area contributed by atoms with Crippen LogP contribution in [-0.4, -0.2) is 15.5 Å². The van der Waals surface area contributed by atoms with Crippen LogP contribution in [0, 0.1) is 19.8 Å². The van der Waals surface area contributed by atoms with E-state index in [4.69, 9.17) is 4.74 Å². The van der Waals surface area contributed by atoms with Crippen molar-refractivity contribution in [2.75, 3.05) is 7.11 Å². The smallest absolute Gasteiger partial charge is 0.241 e. The number of rotatable bonds is 6. The van der Waals surface area contributed by atoms with Gasteiger partial charge in [-0.3, -0.25) is 0 Å². The van der Waals surface area contributed by atoms with E-state index in [0.29, 0.717) is 4.90 Å². The Hall–Kier alpha value is -1.85. The van der Waals surface area contributed by atoms with Gasteiger partial charge in [0.15, 0.2) is 0 Å². The Kier molecular flexibility index (Phi) is 5.67. The van der Waals surface area contributed by atoms with E-state index in [9.17, 15) is 8.42 Å². The maximum absolute atomic E-state index is 12.9. The van der Waals surface area contributed by atoms with E-state index >= 15 is 0 Å². The zero-order valence-corrected chi connectivity index (χ0v) is 15.6. The van der Waals surface area contributed by atoms with Gasteiger partial charge in [0.2, 0.25) is 10.0 Å². The van der Waals surface area contributed by atoms with Crippen LogP contribution >= 0.6 is 0 Å². The molecular formula is C19H25NO3S. The molecule has 0 heterocycles. The Balaban J connectivity index is 2.37. The van der Waals surface area contributed by atoms with Crippen molar-refractivity contribution < 1.29 is 13.2 Å². The first-order valence-electron chi connectivity index (χ1n) is 7.98. The van der Waals surface area contributed by atoms with Crippen molar-refractivity contribution in [1.29, 1.82) is 0 Å². The van der Waals surface area contributed by atoms with Crippen molar-refractivity contribution >= 4 is 10.0 Å². The predicted octanol–water partition coefficient (Wildman–Crippen LogP) is 3.99. The average molecular weight is 347 g/mol. The molecule has 0 aliphatic heterocycles. The van der Waals surface area contributed by atoms with E-state index in [1.54, 1.807) is 13.2 Å². The summed E-state index contributed by atoms with van der Waals surface area (Å²) in [4.78, 5) is 0.335. The first-order chi connectivity index (χ1) is 11.2. The van der Waals surface area contributed by atoms with Gasteiger partial charge in [-0.15, -0.1) is 0 Å². The first kappa shape index (κ1) is 18.5. The lowest BCUT2D eigenvalue weighted by Crippen LogP contribution is -2.32. The Bertz CT molecular complexity index is 796. The van der Waals surface area contributed by atoms with E-state index in [-0.39, 0.29) is 12.0 Å². The molecule has 0 fully saturated rings. The third-order valence-electron chi connectivity index (χ3n) is 4.06. The fourth-order valence-corrected chi connectivity index (χ4v) is 4.33. The molecule has 0 saturated carbocycles. The van der Waals surface area contributed by atoms with Crippen molar-refractivity contribution in [3.63, 3.8) is 0 Å². The molecule has 1 atom stereocenters. The fraction of sp³-hybridized carbons (Fsp3) is 0.368. The monoisotopic (exact) mass is 347 g/mol. The third kappa shape index (κ3) is 4.16. The molecule has 0 amide bonds. The lowest BCUT2D eigenvalue weighted by atomic mass is 9.97. The summed E-state index contributed by atoms with van der Waals surface area (Å²) < 4.78 is 33.8. The van der Waals surface area contributed by atoms with Gasteiger partial charge in [0.25, 0.3) is 0 Å². The highest BCUT2D eigenvalue weighted by Gasteiger charge is 2.25. The summed E-state index contributed by atoms with van der Waals surface area (Å²) in [6.07, 6.45) is 0. The average Bonchev–Trinajstić information content (AvgIpc) is 2.54. The molecule has 2 aromatic carbocycles. The summed E-state index contributed by atoms with van der Waals surface area (Å²) in [6, 6.07) is 12.6. The van der Waals surface area contributed by atoms with Crippen LogP contribution in [0.1, 0.15) is 36.6 Å². The molecule has 0 bridgehead atoms. The minimum atomic E-state index is -3.60. The van der Waals surface area contributed by atoms with Crippen molar-refractivity contribution in [1.82, 2.24) is 4.72 Å². The summed E-state index contributed by atoms with van der Waals surface area (Å²) in [7, 11) is -1.99. The molecule has 0 radical (unpaired) electrons. The zero-order valence-electron chi connectivity index (χ0n) is 14.8. The number of benzene rings is 2. The first-order valence-corrected chi connectivity index (χ1v) is 9.46. The molecule has 4 nitrogen and oxygen atoms in total. The van der Waals surface area contributed by atoms with Crippen LogP contribution in [0.5, 0.6) is 5.75 Å². The minimum Gasteiger partial charge on any atom is -0.497 e. The molecule has 2 aromatic rings. The molecule has 2 rings (SSSR count). The molecule has 1 N–H and O–H groups in total. The molecule has 0 aliphatic carbocycles. The van der Waals surface area contributed by atoms with Crippen LogP contribution in [0.25, 0.3) is 0 Å². The van der Waals surface area contributed by atoms with E-state index in [0.717, 1.165) is 22.4 Å². The molecule has 0 spiro atoms. The van der Waals surface area contributed by atoms with Gasteiger partial charge >= 0.3 is 0 Å². The highest BCUT2D eigenvalue weighted by molar-refractivity contribution is 7.89. The van der Waals surface area contributed by atoms with Crippen LogP contribution in [0.4, 0.5) is 0 Å². The van der Waals surface area contributed by atoms with Crippen molar-refractivity contribution in [3.8, 4) is 5.75 Å². The molecule has 130 valence electrons. The second kappa shape index (κ2) is 7.36. The van der Waals surface area contributed by atoms with Crippen molar-refractivity contribution in [2.24, 2.45) is 5.92 Å². The van der Waals surface area contributed by atoms with Gasteiger partial charge in [0, 0.05) is 6.04 Å². The van der Waals surface area contributed by atoms with E-state index in [1.807, 2.05) is 64.1 Å². The van der Waals surface area contributed by atoms with Gasteiger partial charge in [-0.25, -0.2) is 13.1 Å². The zero-order chi connectivity index (χ0) is 17.9. The summed E-state index contributed by atoms with van der Waals surface area (Å²) in [6.45, 7) is 7.70. The van der Waals surface area contributed by atoms with Crippen LogP contribution in [0.15, 0.2) is 47.4 Å². The molecule has 0 saturated heterocycles. The topological polar surface area (TPSA) is 55.4 Å². The van der Waals surface area contributed by atoms with Crippen LogP contribution < -0.4 is 9.46 Å². The number of hydrogen-bond donors (Lipinski definition) is 1. The molecule has 0 unspecified atom stereocenters. The van der Waals surface area contributed by atoms with Gasteiger partial charge in [-0.05, 0) is 54.7 Å². The van der Waals surface area contributed by atoms with E-state index in [2.05, 4.69) is 4.72 Å². The maximum Gasteiger partial charge on any atom is 0.241 e. The number of methoxy groups -OCH3 is 1. The molecule has 0 aliphatic rings. The Labute approximate surface area is 144 Å². The van der Waals surface area contributed by atoms with Crippen LogP contribution in [0.3, 0.4) is 0 Å². The summed E-state index contributed by atoms with van der Waals surface area (Å²) in [5.41, 5.74) is 2.58. The number of hydrogen-bond acceptors (Lipinski definition) is 3. The van der Waals surface area contributed by atoms with E-state index < -0.39 is 10.0 Å². The largest absolute Gasteiger partial charge is 0.497 e. The molecular weight excluding hydrogens is 322 g/mol. The van der Waals surface area contributed by atoms with Crippen LogP contribution in [0.2, 0.25) is 0 Å². The highest BCUT2D eigenvalue weighted by Crippen LogP contribution is 2.27. The molecule has 5 heteroatoms.